The van der Waals surface area contributed by atoms with Crippen molar-refractivity contribution in [2.24, 2.45) is 0 Å². The molecule has 0 aliphatic carbocycles. The minimum absolute atomic E-state index is 0.0209. The number of sulfonamides is 1. The fraction of sp³-hybridized carbons (Fsp3) is 0.167. The molecule has 0 aliphatic heterocycles. The molecule has 1 amide bonds. The third-order valence-electron chi connectivity index (χ3n) is 5.62. The van der Waals surface area contributed by atoms with Crippen molar-refractivity contribution in [3.63, 3.8) is 0 Å². The number of benzene rings is 2. The van der Waals surface area contributed by atoms with Crippen LogP contribution < -0.4 is 10.0 Å². The molecule has 0 unspecified atom stereocenters. The maximum atomic E-state index is 13.4. The minimum Gasteiger partial charge on any atom is -0.465 e. The highest BCUT2D eigenvalue weighted by Gasteiger charge is 2.25. The minimum atomic E-state index is -4.06. The number of carbonyl (C=O) groups is 1. The quantitative estimate of drug-likeness (QED) is 0.233. The van der Waals surface area contributed by atoms with E-state index in [0.29, 0.717) is 16.5 Å². The Hall–Kier alpha value is -3.78. The molecule has 194 valence electrons. The zero-order chi connectivity index (χ0) is 26.8. The highest BCUT2D eigenvalue weighted by Crippen LogP contribution is 2.32. The number of aryl methyl sites for hydroxylation is 1. The van der Waals surface area contributed by atoms with Gasteiger partial charge in [-0.3, -0.25) is 0 Å². The predicted molar refractivity (Wildman–Crippen MR) is 136 cm³/mol. The number of hydrogen-bond acceptors (Lipinski definition) is 7. The lowest BCUT2D eigenvalue weighted by Crippen LogP contribution is -2.33. The summed E-state index contributed by atoms with van der Waals surface area (Å²) in [6.07, 6.45) is 0.193. The van der Waals surface area contributed by atoms with Crippen LogP contribution in [0.25, 0.3) is 22.2 Å². The van der Waals surface area contributed by atoms with Gasteiger partial charge in [0.2, 0.25) is 10.0 Å². The molecule has 13 heteroatoms. The molecule has 0 aliphatic rings. The molecule has 4 rings (SSSR count). The fourth-order valence-electron chi connectivity index (χ4n) is 3.82. The molecule has 11 nitrogen and oxygen atoms in total. The number of nitrogens with zero attached hydrogens (tertiary/aromatic N) is 2. The molecule has 0 atom stereocenters. The van der Waals surface area contributed by atoms with E-state index in [1.54, 1.807) is 36.4 Å². The summed E-state index contributed by atoms with van der Waals surface area (Å²) in [7, 11) is -7.93. The van der Waals surface area contributed by atoms with Crippen LogP contribution in [0.4, 0.5) is 4.79 Å². The first kappa shape index (κ1) is 26.3. The summed E-state index contributed by atoms with van der Waals surface area (Å²) < 4.78 is 55.2. The standard InChI is InChI=1S/C24H24N4O7S2/c1-16-2-6-20(7-3-16)37(34,35)28-18(15-29)14-22-21(10-11-25-23(22)28)17-4-8-19(9-5-17)36(32,33)27-13-12-26-24(30)31/h2-11,14,26-27,29H,12-13,15H2,1H3,(H,30,31). The third kappa shape index (κ3) is 5.34. The van der Waals surface area contributed by atoms with Crippen molar-refractivity contribution in [1.29, 1.82) is 0 Å². The number of aliphatic hydroxyl groups excluding tert-OH is 1. The van der Waals surface area contributed by atoms with Crippen molar-refractivity contribution in [2.45, 2.75) is 23.3 Å². The number of carboxylic acid groups (broad SMARTS) is 1. The summed E-state index contributed by atoms with van der Waals surface area (Å²) in [6.45, 7) is 1.10. The van der Waals surface area contributed by atoms with Crippen LogP contribution in [-0.4, -0.2) is 55.2 Å². The van der Waals surface area contributed by atoms with E-state index in [4.69, 9.17) is 5.11 Å². The van der Waals surface area contributed by atoms with Crippen molar-refractivity contribution in [1.82, 2.24) is 19.0 Å². The van der Waals surface area contributed by atoms with Gasteiger partial charge in [0.1, 0.15) is 0 Å². The maximum Gasteiger partial charge on any atom is 0.404 e. The van der Waals surface area contributed by atoms with Gasteiger partial charge in [-0.05, 0) is 54.4 Å². The molecule has 0 radical (unpaired) electrons. The van der Waals surface area contributed by atoms with Crippen molar-refractivity contribution in [2.75, 3.05) is 13.1 Å². The second kappa shape index (κ2) is 10.3. The van der Waals surface area contributed by atoms with Crippen molar-refractivity contribution < 1.29 is 31.8 Å². The number of pyridine rings is 1. The fourth-order valence-corrected chi connectivity index (χ4v) is 6.34. The number of rotatable bonds is 9. The van der Waals surface area contributed by atoms with Crippen molar-refractivity contribution in [3.8, 4) is 11.1 Å². The molecule has 0 fully saturated rings. The van der Waals surface area contributed by atoms with E-state index in [9.17, 15) is 26.7 Å². The summed E-state index contributed by atoms with van der Waals surface area (Å²) >= 11 is 0. The summed E-state index contributed by atoms with van der Waals surface area (Å²) in [5.74, 6) is 0. The predicted octanol–water partition coefficient (Wildman–Crippen LogP) is 2.29. The van der Waals surface area contributed by atoms with Gasteiger partial charge in [-0.1, -0.05) is 29.8 Å². The topological polar surface area (TPSA) is 168 Å². The van der Waals surface area contributed by atoms with Gasteiger partial charge in [0.05, 0.1) is 22.1 Å². The van der Waals surface area contributed by atoms with Gasteiger partial charge in [-0.15, -0.1) is 0 Å². The van der Waals surface area contributed by atoms with Crippen LogP contribution in [0.5, 0.6) is 0 Å². The molecule has 2 heterocycles. The summed E-state index contributed by atoms with van der Waals surface area (Å²) in [5, 5.41) is 21.1. The Kier molecular flexibility index (Phi) is 7.32. The molecule has 4 N–H and O–H groups in total. The molecule has 0 bridgehead atoms. The van der Waals surface area contributed by atoms with Crippen LogP contribution in [-0.2, 0) is 26.7 Å². The van der Waals surface area contributed by atoms with Gasteiger partial charge < -0.3 is 15.5 Å². The average Bonchev–Trinajstić information content (AvgIpc) is 3.27. The van der Waals surface area contributed by atoms with Crippen LogP contribution in [0.15, 0.2) is 76.7 Å². The van der Waals surface area contributed by atoms with Crippen molar-refractivity contribution in [3.05, 3.63) is 78.1 Å². The maximum absolute atomic E-state index is 13.4. The van der Waals surface area contributed by atoms with E-state index in [2.05, 4.69) is 15.0 Å². The summed E-state index contributed by atoms with van der Waals surface area (Å²) in [6, 6.07) is 15.5. The molecule has 0 saturated carbocycles. The van der Waals surface area contributed by atoms with Crippen LogP contribution in [0.2, 0.25) is 0 Å². The number of fused-ring (bicyclic) bond motifs is 1. The van der Waals surface area contributed by atoms with Crippen LogP contribution >= 0.6 is 0 Å². The number of nitrogens with one attached hydrogen (secondary N) is 2. The second-order valence-electron chi connectivity index (χ2n) is 8.13. The van der Waals surface area contributed by atoms with Gasteiger partial charge in [0.25, 0.3) is 10.0 Å². The molecule has 37 heavy (non-hydrogen) atoms. The lowest BCUT2D eigenvalue weighted by Gasteiger charge is -2.11. The number of hydrogen-bond donors (Lipinski definition) is 4. The Morgan fingerprint density at radius 2 is 1.59 bits per heavy atom. The summed E-state index contributed by atoms with van der Waals surface area (Å²) in [5.41, 5.74) is 2.37. The van der Waals surface area contributed by atoms with E-state index < -0.39 is 32.7 Å². The Labute approximate surface area is 213 Å². The van der Waals surface area contributed by atoms with Gasteiger partial charge in [-0.2, -0.15) is 0 Å². The van der Waals surface area contributed by atoms with Gasteiger partial charge in [0.15, 0.2) is 5.65 Å². The van der Waals surface area contributed by atoms with E-state index in [1.807, 2.05) is 6.92 Å². The van der Waals surface area contributed by atoms with Crippen LogP contribution in [0.1, 0.15) is 11.3 Å². The second-order valence-corrected chi connectivity index (χ2v) is 11.7. The Morgan fingerprint density at radius 3 is 2.22 bits per heavy atom. The first-order valence-corrected chi connectivity index (χ1v) is 14.0. The smallest absolute Gasteiger partial charge is 0.404 e. The number of aromatic nitrogens is 2. The normalized spacial score (nSPS) is 12.1. The average molecular weight is 545 g/mol. The Morgan fingerprint density at radius 1 is 0.946 bits per heavy atom. The highest BCUT2D eigenvalue weighted by atomic mass is 32.2. The molecule has 0 spiro atoms. The van der Waals surface area contributed by atoms with Gasteiger partial charge >= 0.3 is 6.09 Å². The SMILES string of the molecule is Cc1ccc(S(=O)(=O)n2c(CO)cc3c(-c4ccc(S(=O)(=O)NCCNC(=O)O)cc4)ccnc32)cc1. The largest absolute Gasteiger partial charge is 0.465 e. The lowest BCUT2D eigenvalue weighted by molar-refractivity contribution is 0.194. The molecular formula is C24H24N4O7S2. The molecule has 4 aromatic rings. The van der Waals surface area contributed by atoms with E-state index in [0.717, 1.165) is 9.54 Å². The molecule has 2 aromatic carbocycles. The monoisotopic (exact) mass is 544 g/mol. The first-order chi connectivity index (χ1) is 17.5. The van der Waals surface area contributed by atoms with Gasteiger partial charge in [-0.25, -0.2) is 35.3 Å². The highest BCUT2D eigenvalue weighted by molar-refractivity contribution is 7.90. The first-order valence-electron chi connectivity index (χ1n) is 11.0. The van der Waals surface area contributed by atoms with Crippen LogP contribution in [0, 0.1) is 6.92 Å². The lowest BCUT2D eigenvalue weighted by atomic mass is 10.0. The van der Waals surface area contributed by atoms with E-state index >= 15 is 0 Å². The van der Waals surface area contributed by atoms with Gasteiger partial charge in [0, 0.05) is 24.7 Å². The third-order valence-corrected chi connectivity index (χ3v) is 8.86. The number of aliphatic hydroxyl groups is 1. The molecular weight excluding hydrogens is 520 g/mol. The number of amides is 1. The molecule has 2 aromatic heterocycles. The Bertz CT molecular complexity index is 1660. The van der Waals surface area contributed by atoms with Crippen LogP contribution in [0.3, 0.4) is 0 Å². The molecule has 0 saturated heterocycles. The van der Waals surface area contributed by atoms with E-state index in [1.165, 1.54) is 30.5 Å². The Balaban J connectivity index is 1.71. The zero-order valence-electron chi connectivity index (χ0n) is 19.6. The summed E-state index contributed by atoms with van der Waals surface area (Å²) in [4.78, 5) is 14.8. The zero-order valence-corrected chi connectivity index (χ0v) is 21.3. The van der Waals surface area contributed by atoms with E-state index in [-0.39, 0.29) is 34.2 Å². The van der Waals surface area contributed by atoms with Crippen molar-refractivity contribution >= 4 is 37.2 Å².